The van der Waals surface area contributed by atoms with E-state index in [-0.39, 0.29) is 16.6 Å². The highest BCUT2D eigenvalue weighted by atomic mass is 35.5. The maximum Gasteiger partial charge on any atom is 0.253 e. The summed E-state index contributed by atoms with van der Waals surface area (Å²) in [6.45, 7) is 1.84. The molecule has 0 saturated heterocycles. The summed E-state index contributed by atoms with van der Waals surface area (Å²) in [5, 5.41) is 4.56. The van der Waals surface area contributed by atoms with Crippen molar-refractivity contribution in [1.82, 2.24) is 5.32 Å². The van der Waals surface area contributed by atoms with Gasteiger partial charge < -0.3 is 5.32 Å². The molecular formula is C14H12ClF2NOS. The van der Waals surface area contributed by atoms with Crippen molar-refractivity contribution in [1.29, 1.82) is 0 Å². The highest BCUT2D eigenvalue weighted by Crippen LogP contribution is 2.20. The molecule has 1 unspecified atom stereocenters. The monoisotopic (exact) mass is 315 g/mol. The predicted octanol–water partition coefficient (Wildman–Crippen LogP) is 4.04. The minimum Gasteiger partial charge on any atom is -0.349 e. The van der Waals surface area contributed by atoms with E-state index in [1.807, 2.05) is 24.4 Å². The summed E-state index contributed by atoms with van der Waals surface area (Å²) >= 11 is 7.35. The van der Waals surface area contributed by atoms with Crippen molar-refractivity contribution in [3.8, 4) is 0 Å². The van der Waals surface area contributed by atoms with Gasteiger partial charge in [-0.1, -0.05) is 17.7 Å². The average Bonchev–Trinajstić information content (AvgIpc) is 2.86. The van der Waals surface area contributed by atoms with Crippen molar-refractivity contribution >= 4 is 28.8 Å². The second-order valence-corrected chi connectivity index (χ2v) is 5.84. The van der Waals surface area contributed by atoms with Crippen molar-refractivity contribution in [2.45, 2.75) is 19.4 Å². The lowest BCUT2D eigenvalue weighted by atomic mass is 10.1. The fraction of sp³-hybridized carbons (Fsp3) is 0.214. The van der Waals surface area contributed by atoms with Crippen LogP contribution in [0.25, 0.3) is 0 Å². The molecule has 0 spiro atoms. The summed E-state index contributed by atoms with van der Waals surface area (Å²) in [7, 11) is 0. The molecule has 0 radical (unpaired) electrons. The Hall–Kier alpha value is -1.46. The second-order valence-electron chi connectivity index (χ2n) is 4.40. The number of rotatable bonds is 4. The van der Waals surface area contributed by atoms with Crippen molar-refractivity contribution < 1.29 is 13.6 Å². The Morgan fingerprint density at radius 3 is 2.75 bits per heavy atom. The molecule has 1 heterocycles. The van der Waals surface area contributed by atoms with Gasteiger partial charge in [0.25, 0.3) is 5.91 Å². The van der Waals surface area contributed by atoms with E-state index in [9.17, 15) is 13.6 Å². The van der Waals surface area contributed by atoms with E-state index in [1.54, 1.807) is 11.3 Å². The van der Waals surface area contributed by atoms with Crippen LogP contribution in [0.15, 0.2) is 29.6 Å². The maximum atomic E-state index is 13.2. The molecule has 0 saturated carbocycles. The van der Waals surface area contributed by atoms with Gasteiger partial charge in [-0.15, -0.1) is 11.3 Å². The lowest BCUT2D eigenvalue weighted by molar-refractivity contribution is 0.0940. The number of carbonyl (C=O) groups excluding carboxylic acids is 1. The van der Waals surface area contributed by atoms with E-state index in [4.69, 9.17) is 11.6 Å². The predicted molar refractivity (Wildman–Crippen MR) is 76.3 cm³/mol. The fourth-order valence-corrected chi connectivity index (χ4v) is 2.85. The van der Waals surface area contributed by atoms with E-state index >= 15 is 0 Å². The Morgan fingerprint density at radius 1 is 1.40 bits per heavy atom. The van der Waals surface area contributed by atoms with Crippen molar-refractivity contribution in [3.05, 3.63) is 56.7 Å². The Morgan fingerprint density at radius 2 is 2.10 bits per heavy atom. The molecule has 2 nitrogen and oxygen atoms in total. The first kappa shape index (κ1) is 14.9. The van der Waals surface area contributed by atoms with Crippen LogP contribution >= 0.6 is 22.9 Å². The third-order valence-electron chi connectivity index (χ3n) is 2.72. The average molecular weight is 316 g/mol. The summed E-state index contributed by atoms with van der Waals surface area (Å²) in [6.07, 6.45) is 0.671. The number of carbonyl (C=O) groups is 1. The van der Waals surface area contributed by atoms with Crippen LogP contribution < -0.4 is 5.32 Å². The van der Waals surface area contributed by atoms with E-state index in [0.29, 0.717) is 6.42 Å². The molecule has 1 aromatic heterocycles. The first-order chi connectivity index (χ1) is 9.47. The first-order valence-corrected chi connectivity index (χ1v) is 7.21. The van der Waals surface area contributed by atoms with Crippen LogP contribution in [0.5, 0.6) is 0 Å². The molecule has 2 aromatic rings. The molecule has 0 aliphatic carbocycles. The third kappa shape index (κ3) is 3.55. The summed E-state index contributed by atoms with van der Waals surface area (Å²) in [5.74, 6) is -2.68. The standard InChI is InChI=1S/C14H12ClF2NOS/c1-8(5-9-3-2-4-20-9)18-14(19)10-6-12(16)13(17)7-11(10)15/h2-4,6-8H,5H2,1H3,(H,18,19). The molecular weight excluding hydrogens is 304 g/mol. The topological polar surface area (TPSA) is 29.1 Å². The zero-order valence-electron chi connectivity index (χ0n) is 10.6. The van der Waals surface area contributed by atoms with Crippen molar-refractivity contribution in [3.63, 3.8) is 0 Å². The largest absolute Gasteiger partial charge is 0.349 e. The molecule has 2 rings (SSSR count). The molecule has 1 atom stereocenters. The zero-order chi connectivity index (χ0) is 14.7. The number of thiophene rings is 1. The summed E-state index contributed by atoms with van der Waals surface area (Å²) < 4.78 is 26.1. The zero-order valence-corrected chi connectivity index (χ0v) is 12.2. The van der Waals surface area contributed by atoms with Gasteiger partial charge in [0.05, 0.1) is 10.6 Å². The van der Waals surface area contributed by atoms with Gasteiger partial charge in [-0.05, 0) is 30.5 Å². The number of hydrogen-bond donors (Lipinski definition) is 1. The Kier molecular flexibility index (Phi) is 4.73. The highest BCUT2D eigenvalue weighted by molar-refractivity contribution is 7.09. The molecule has 20 heavy (non-hydrogen) atoms. The van der Waals surface area contributed by atoms with Crippen LogP contribution in [0.1, 0.15) is 22.2 Å². The molecule has 0 aliphatic heterocycles. The smallest absolute Gasteiger partial charge is 0.253 e. The van der Waals surface area contributed by atoms with E-state index in [1.165, 1.54) is 0 Å². The Bertz CT molecular complexity index is 616. The summed E-state index contributed by atoms with van der Waals surface area (Å²) in [5.41, 5.74) is -0.0661. The molecule has 0 fully saturated rings. The fourth-order valence-electron chi connectivity index (χ4n) is 1.78. The first-order valence-electron chi connectivity index (χ1n) is 5.95. The number of nitrogens with one attached hydrogen (secondary N) is 1. The number of amides is 1. The third-order valence-corrected chi connectivity index (χ3v) is 3.93. The Labute approximate surface area is 124 Å². The quantitative estimate of drug-likeness (QED) is 0.848. The SMILES string of the molecule is CC(Cc1cccs1)NC(=O)c1cc(F)c(F)cc1Cl. The van der Waals surface area contributed by atoms with Crippen molar-refractivity contribution in [2.75, 3.05) is 0 Å². The molecule has 1 amide bonds. The van der Waals surface area contributed by atoms with Gasteiger partial charge in [-0.3, -0.25) is 4.79 Å². The van der Waals surface area contributed by atoms with E-state index < -0.39 is 17.5 Å². The molecule has 1 N–H and O–H groups in total. The molecule has 1 aromatic carbocycles. The number of halogens is 3. The van der Waals surface area contributed by atoms with Crippen LogP contribution in [0.2, 0.25) is 5.02 Å². The molecule has 106 valence electrons. The maximum absolute atomic E-state index is 13.2. The van der Waals surface area contributed by atoms with E-state index in [2.05, 4.69) is 5.32 Å². The van der Waals surface area contributed by atoms with Gasteiger partial charge in [0, 0.05) is 17.3 Å². The normalized spacial score (nSPS) is 12.2. The summed E-state index contributed by atoms with van der Waals surface area (Å²) in [6, 6.07) is 5.38. The molecule has 0 bridgehead atoms. The lowest BCUT2D eigenvalue weighted by Gasteiger charge is -2.13. The van der Waals surface area contributed by atoms with Crippen LogP contribution in [0.3, 0.4) is 0 Å². The summed E-state index contributed by atoms with van der Waals surface area (Å²) in [4.78, 5) is 13.1. The lowest BCUT2D eigenvalue weighted by Crippen LogP contribution is -2.34. The van der Waals surface area contributed by atoms with Crippen LogP contribution in [0, 0.1) is 11.6 Å². The van der Waals surface area contributed by atoms with Gasteiger partial charge in [-0.2, -0.15) is 0 Å². The minimum absolute atomic E-state index is 0.0661. The second kappa shape index (κ2) is 6.33. The van der Waals surface area contributed by atoms with Crippen LogP contribution in [-0.4, -0.2) is 11.9 Å². The van der Waals surface area contributed by atoms with Crippen molar-refractivity contribution in [2.24, 2.45) is 0 Å². The van der Waals surface area contributed by atoms with Gasteiger partial charge in [-0.25, -0.2) is 8.78 Å². The molecule has 6 heteroatoms. The van der Waals surface area contributed by atoms with Gasteiger partial charge in [0.1, 0.15) is 0 Å². The minimum atomic E-state index is -1.09. The van der Waals surface area contributed by atoms with Gasteiger partial charge in [0.2, 0.25) is 0 Å². The van der Waals surface area contributed by atoms with Gasteiger partial charge in [0.15, 0.2) is 11.6 Å². The van der Waals surface area contributed by atoms with Crippen LogP contribution in [-0.2, 0) is 6.42 Å². The highest BCUT2D eigenvalue weighted by Gasteiger charge is 2.17. The van der Waals surface area contributed by atoms with Crippen LogP contribution in [0.4, 0.5) is 8.78 Å². The van der Waals surface area contributed by atoms with Gasteiger partial charge >= 0.3 is 0 Å². The Balaban J connectivity index is 2.06. The molecule has 0 aliphatic rings. The van der Waals surface area contributed by atoms with E-state index in [0.717, 1.165) is 17.0 Å². The number of benzene rings is 1. The number of hydrogen-bond acceptors (Lipinski definition) is 2.